The van der Waals surface area contributed by atoms with Gasteiger partial charge in [-0.2, -0.15) is 0 Å². The maximum atomic E-state index is 11.1. The van der Waals surface area contributed by atoms with Crippen molar-refractivity contribution in [3.8, 4) is 0 Å². The molecule has 0 fully saturated rings. The molecule has 0 saturated heterocycles. The van der Waals surface area contributed by atoms with E-state index in [9.17, 15) is 4.79 Å². The average Bonchev–Trinajstić information content (AvgIpc) is 2.72. The van der Waals surface area contributed by atoms with Crippen molar-refractivity contribution in [3.63, 3.8) is 0 Å². The maximum absolute atomic E-state index is 11.1. The summed E-state index contributed by atoms with van der Waals surface area (Å²) in [5.41, 5.74) is 0.655. The molecule has 1 aromatic rings. The van der Waals surface area contributed by atoms with E-state index >= 15 is 0 Å². The van der Waals surface area contributed by atoms with Gasteiger partial charge in [0.25, 0.3) is 0 Å². The van der Waals surface area contributed by atoms with E-state index in [2.05, 4.69) is 15.0 Å². The van der Waals surface area contributed by atoms with Gasteiger partial charge in [-0.1, -0.05) is 0 Å². The van der Waals surface area contributed by atoms with Crippen LogP contribution in [0, 0.1) is 0 Å². The number of methoxy groups -OCH3 is 1. The Morgan fingerprint density at radius 2 is 2.53 bits per heavy atom. The van der Waals surface area contributed by atoms with Crippen LogP contribution < -0.4 is 5.32 Å². The molecule has 1 rings (SSSR count). The van der Waals surface area contributed by atoms with E-state index in [4.69, 9.17) is 5.11 Å². The molecule has 0 spiro atoms. The second kappa shape index (κ2) is 5.79. The number of esters is 1. The zero-order valence-electron chi connectivity index (χ0n) is 8.69. The van der Waals surface area contributed by atoms with Crippen LogP contribution in [0.15, 0.2) is 5.38 Å². The van der Waals surface area contributed by atoms with E-state index in [-0.39, 0.29) is 18.6 Å². The first-order valence-electron chi connectivity index (χ1n) is 4.52. The second-order valence-electron chi connectivity index (χ2n) is 3.02. The third-order valence-corrected chi connectivity index (χ3v) is 2.77. The average molecular weight is 230 g/mol. The third kappa shape index (κ3) is 3.58. The van der Waals surface area contributed by atoms with Crippen LogP contribution in [-0.4, -0.2) is 29.2 Å². The monoisotopic (exact) mass is 230 g/mol. The molecule has 0 aromatic carbocycles. The van der Waals surface area contributed by atoms with Gasteiger partial charge in [0, 0.05) is 11.9 Å². The van der Waals surface area contributed by atoms with Crippen LogP contribution in [0.5, 0.6) is 0 Å². The Balaban J connectivity index is 2.39. The van der Waals surface area contributed by atoms with Gasteiger partial charge in [0.1, 0.15) is 11.0 Å². The number of hydrogen-bond acceptors (Lipinski definition) is 6. The standard InChI is InChI=1S/C9H14N2O3S/c1-6(9(13)14-2)10-3-8-11-7(4-12)5-15-8/h5-6,10,12H,3-4H2,1-2H3. The summed E-state index contributed by atoms with van der Waals surface area (Å²) >= 11 is 1.45. The van der Waals surface area contributed by atoms with Crippen molar-refractivity contribution in [1.82, 2.24) is 10.3 Å². The molecule has 0 bridgehead atoms. The summed E-state index contributed by atoms with van der Waals surface area (Å²) in [7, 11) is 1.35. The van der Waals surface area contributed by atoms with E-state index < -0.39 is 0 Å². The van der Waals surface area contributed by atoms with Gasteiger partial charge in [-0.15, -0.1) is 11.3 Å². The molecule has 15 heavy (non-hydrogen) atoms. The lowest BCUT2D eigenvalue weighted by atomic mass is 10.3. The van der Waals surface area contributed by atoms with Crippen molar-refractivity contribution in [2.75, 3.05) is 7.11 Å². The molecular formula is C9H14N2O3S. The number of carbonyl (C=O) groups is 1. The van der Waals surface area contributed by atoms with Crippen LogP contribution >= 0.6 is 11.3 Å². The van der Waals surface area contributed by atoms with Crippen LogP contribution in [0.3, 0.4) is 0 Å². The van der Waals surface area contributed by atoms with Crippen LogP contribution in [0.25, 0.3) is 0 Å². The number of nitrogens with zero attached hydrogens (tertiary/aromatic N) is 1. The molecule has 0 aliphatic rings. The van der Waals surface area contributed by atoms with E-state index in [1.807, 2.05) is 0 Å². The molecule has 5 nitrogen and oxygen atoms in total. The van der Waals surface area contributed by atoms with Crippen molar-refractivity contribution in [1.29, 1.82) is 0 Å². The van der Waals surface area contributed by atoms with Gasteiger partial charge in [0.2, 0.25) is 0 Å². The van der Waals surface area contributed by atoms with Crippen molar-refractivity contribution in [2.45, 2.75) is 26.1 Å². The van der Waals surface area contributed by atoms with Gasteiger partial charge in [0.15, 0.2) is 0 Å². The van der Waals surface area contributed by atoms with Gasteiger partial charge in [-0.3, -0.25) is 10.1 Å². The van der Waals surface area contributed by atoms with Gasteiger partial charge < -0.3 is 9.84 Å². The Morgan fingerprint density at radius 3 is 3.07 bits per heavy atom. The lowest BCUT2D eigenvalue weighted by molar-refractivity contribution is -0.142. The number of aliphatic hydroxyl groups excluding tert-OH is 1. The Bertz CT molecular complexity index is 327. The molecule has 0 aliphatic heterocycles. The highest BCUT2D eigenvalue weighted by Crippen LogP contribution is 2.09. The van der Waals surface area contributed by atoms with Crippen molar-refractivity contribution >= 4 is 17.3 Å². The van der Waals surface area contributed by atoms with Gasteiger partial charge in [-0.25, -0.2) is 4.98 Å². The zero-order chi connectivity index (χ0) is 11.3. The predicted octanol–water partition coefficient (Wildman–Crippen LogP) is 0.286. The van der Waals surface area contributed by atoms with E-state index in [0.29, 0.717) is 12.2 Å². The first kappa shape index (κ1) is 12.1. The zero-order valence-corrected chi connectivity index (χ0v) is 9.50. The smallest absolute Gasteiger partial charge is 0.322 e. The van der Waals surface area contributed by atoms with E-state index in [0.717, 1.165) is 5.01 Å². The summed E-state index contributed by atoms with van der Waals surface area (Å²) in [4.78, 5) is 15.2. The number of nitrogens with one attached hydrogen (secondary N) is 1. The largest absolute Gasteiger partial charge is 0.468 e. The molecule has 1 heterocycles. The molecule has 1 atom stereocenters. The van der Waals surface area contributed by atoms with Crippen molar-refractivity contribution in [3.05, 3.63) is 16.1 Å². The van der Waals surface area contributed by atoms with Crippen LogP contribution in [-0.2, 0) is 22.7 Å². The Hall–Kier alpha value is -0.980. The van der Waals surface area contributed by atoms with Crippen LogP contribution in [0.4, 0.5) is 0 Å². The summed E-state index contributed by atoms with van der Waals surface area (Å²) in [6.07, 6.45) is 0. The highest BCUT2D eigenvalue weighted by Gasteiger charge is 2.12. The molecule has 1 unspecified atom stereocenters. The highest BCUT2D eigenvalue weighted by molar-refractivity contribution is 7.09. The lowest BCUT2D eigenvalue weighted by Crippen LogP contribution is -2.34. The minimum atomic E-state index is -0.350. The SMILES string of the molecule is COC(=O)C(C)NCc1nc(CO)cs1. The van der Waals surface area contributed by atoms with Crippen LogP contribution in [0.1, 0.15) is 17.6 Å². The Labute approximate surface area is 92.1 Å². The molecule has 0 amide bonds. The maximum Gasteiger partial charge on any atom is 0.322 e. The number of carbonyl (C=O) groups excluding carboxylic acids is 1. The number of ether oxygens (including phenoxy) is 1. The quantitative estimate of drug-likeness (QED) is 0.711. The molecule has 84 valence electrons. The molecule has 0 aliphatic carbocycles. The van der Waals surface area contributed by atoms with Crippen molar-refractivity contribution < 1.29 is 14.6 Å². The summed E-state index contributed by atoms with van der Waals surface area (Å²) in [6.45, 7) is 2.18. The second-order valence-corrected chi connectivity index (χ2v) is 3.96. The summed E-state index contributed by atoms with van der Waals surface area (Å²) in [5.74, 6) is -0.297. The lowest BCUT2D eigenvalue weighted by Gasteiger charge is -2.09. The fourth-order valence-electron chi connectivity index (χ4n) is 1.00. The molecule has 0 saturated carbocycles. The first-order chi connectivity index (χ1) is 7.17. The molecule has 6 heteroatoms. The topological polar surface area (TPSA) is 71.5 Å². The molecule has 0 radical (unpaired) electrons. The predicted molar refractivity (Wildman–Crippen MR) is 56.4 cm³/mol. The highest BCUT2D eigenvalue weighted by atomic mass is 32.1. The fourth-order valence-corrected chi connectivity index (χ4v) is 1.74. The molecule has 1 aromatic heterocycles. The van der Waals surface area contributed by atoms with Crippen LogP contribution in [0.2, 0.25) is 0 Å². The number of aliphatic hydroxyl groups is 1. The number of rotatable bonds is 5. The number of thiazole rings is 1. The molecule has 2 N–H and O–H groups in total. The normalized spacial score (nSPS) is 12.5. The van der Waals surface area contributed by atoms with Gasteiger partial charge in [-0.05, 0) is 6.92 Å². The first-order valence-corrected chi connectivity index (χ1v) is 5.40. The molecular weight excluding hydrogens is 216 g/mol. The van der Waals surface area contributed by atoms with E-state index in [1.54, 1.807) is 12.3 Å². The third-order valence-electron chi connectivity index (χ3n) is 1.88. The van der Waals surface area contributed by atoms with Crippen molar-refractivity contribution in [2.24, 2.45) is 0 Å². The summed E-state index contributed by atoms with van der Waals surface area (Å²) < 4.78 is 4.57. The summed E-state index contributed by atoms with van der Waals surface area (Å²) in [6, 6.07) is -0.350. The van der Waals surface area contributed by atoms with E-state index in [1.165, 1.54) is 18.4 Å². The van der Waals surface area contributed by atoms with Gasteiger partial charge >= 0.3 is 5.97 Å². The Morgan fingerprint density at radius 1 is 1.80 bits per heavy atom. The fraction of sp³-hybridized carbons (Fsp3) is 0.556. The minimum absolute atomic E-state index is 0.0525. The Kier molecular flexibility index (Phi) is 4.67. The number of hydrogen-bond donors (Lipinski definition) is 2. The van der Waals surface area contributed by atoms with Gasteiger partial charge in [0.05, 0.1) is 19.4 Å². The summed E-state index contributed by atoms with van der Waals surface area (Å²) in [5, 5.41) is 14.4. The number of aromatic nitrogens is 1. The minimum Gasteiger partial charge on any atom is -0.468 e.